The van der Waals surface area contributed by atoms with E-state index in [-0.39, 0.29) is 17.5 Å². The van der Waals surface area contributed by atoms with Gasteiger partial charge in [0.25, 0.3) is 0 Å². The van der Waals surface area contributed by atoms with Crippen molar-refractivity contribution in [3.8, 4) is 22.3 Å². The Balaban J connectivity index is 1.88. The molecule has 5 nitrogen and oxygen atoms in total. The van der Waals surface area contributed by atoms with Crippen molar-refractivity contribution in [2.24, 2.45) is 0 Å². The molecule has 0 atom stereocenters. The van der Waals surface area contributed by atoms with Gasteiger partial charge in [0.2, 0.25) is 0 Å². The second-order valence-corrected chi connectivity index (χ2v) is 9.00. The Hall–Kier alpha value is -2.92. The number of urea groups is 1. The van der Waals surface area contributed by atoms with Gasteiger partial charge in [0, 0.05) is 58.1 Å². The Morgan fingerprint density at radius 3 is 2.40 bits per heavy atom. The molecular weight excluding hydrogens is 396 g/mol. The first kappa shape index (κ1) is 21.8. The van der Waals surface area contributed by atoms with Crippen molar-refractivity contribution in [1.29, 1.82) is 0 Å². The zero-order chi connectivity index (χ0) is 21.9. The lowest BCUT2D eigenvalue weighted by Crippen LogP contribution is -2.34. The summed E-state index contributed by atoms with van der Waals surface area (Å²) in [4.78, 5) is 20.8. The van der Waals surface area contributed by atoms with Gasteiger partial charge in [-0.25, -0.2) is 4.79 Å². The van der Waals surface area contributed by atoms with Gasteiger partial charge in [-0.05, 0) is 49.7 Å². The lowest BCUT2D eigenvalue weighted by atomic mass is 9.90. The van der Waals surface area contributed by atoms with Crippen LogP contribution in [0.1, 0.15) is 40.3 Å². The molecule has 2 aromatic heterocycles. The summed E-state index contributed by atoms with van der Waals surface area (Å²) >= 11 is 6.53. The molecule has 0 spiro atoms. The molecule has 2 heterocycles. The SMILES string of the molecule is CC(C)NC(=O)Nc1ccc(-c2cncc(-c3ccnc(C(C)(C)C)c3)c2)c(Cl)c1. The molecule has 0 saturated carbocycles. The van der Waals surface area contributed by atoms with Crippen molar-refractivity contribution in [3.63, 3.8) is 0 Å². The van der Waals surface area contributed by atoms with Gasteiger partial charge in [0.15, 0.2) is 0 Å². The van der Waals surface area contributed by atoms with E-state index >= 15 is 0 Å². The number of hydrogen-bond acceptors (Lipinski definition) is 3. The maximum atomic E-state index is 11.9. The van der Waals surface area contributed by atoms with Crippen molar-refractivity contribution >= 4 is 23.3 Å². The molecule has 3 aromatic rings. The van der Waals surface area contributed by atoms with Crippen LogP contribution in [0.15, 0.2) is 55.0 Å². The van der Waals surface area contributed by atoms with Crippen LogP contribution in [0.25, 0.3) is 22.3 Å². The second kappa shape index (κ2) is 8.84. The van der Waals surface area contributed by atoms with E-state index in [1.165, 1.54) is 0 Å². The molecule has 0 radical (unpaired) electrons. The fourth-order valence-corrected chi connectivity index (χ4v) is 3.31. The van der Waals surface area contributed by atoms with Gasteiger partial charge in [-0.2, -0.15) is 0 Å². The normalized spacial score (nSPS) is 11.4. The average Bonchev–Trinajstić information content (AvgIpc) is 2.67. The van der Waals surface area contributed by atoms with Crippen LogP contribution in [0.2, 0.25) is 5.02 Å². The monoisotopic (exact) mass is 422 g/mol. The van der Waals surface area contributed by atoms with E-state index < -0.39 is 0 Å². The highest BCUT2D eigenvalue weighted by molar-refractivity contribution is 6.33. The minimum absolute atomic E-state index is 0.0327. The first-order chi connectivity index (χ1) is 14.1. The third-order valence-corrected chi connectivity index (χ3v) is 4.87. The van der Waals surface area contributed by atoms with Crippen molar-refractivity contribution in [2.75, 3.05) is 5.32 Å². The summed E-state index contributed by atoms with van der Waals surface area (Å²) in [5, 5.41) is 6.13. The number of halogens is 1. The van der Waals surface area contributed by atoms with Gasteiger partial charge in [-0.3, -0.25) is 9.97 Å². The zero-order valence-electron chi connectivity index (χ0n) is 18.0. The Kier molecular flexibility index (Phi) is 6.42. The minimum atomic E-state index is -0.259. The van der Waals surface area contributed by atoms with Crippen LogP contribution in [0, 0.1) is 0 Å². The maximum Gasteiger partial charge on any atom is 0.319 e. The van der Waals surface area contributed by atoms with Gasteiger partial charge >= 0.3 is 6.03 Å². The van der Waals surface area contributed by atoms with Crippen LogP contribution >= 0.6 is 11.6 Å². The number of hydrogen-bond donors (Lipinski definition) is 2. The fourth-order valence-electron chi connectivity index (χ4n) is 3.02. The molecule has 2 N–H and O–H groups in total. The third-order valence-electron chi connectivity index (χ3n) is 4.56. The highest BCUT2D eigenvalue weighted by Crippen LogP contribution is 2.33. The maximum absolute atomic E-state index is 11.9. The quantitative estimate of drug-likeness (QED) is 0.519. The van der Waals surface area contributed by atoms with Crippen LogP contribution in [-0.4, -0.2) is 22.0 Å². The molecule has 156 valence electrons. The van der Waals surface area contributed by atoms with Crippen molar-refractivity contribution < 1.29 is 4.79 Å². The highest BCUT2D eigenvalue weighted by atomic mass is 35.5. The van der Waals surface area contributed by atoms with Gasteiger partial charge in [0.05, 0.1) is 5.02 Å². The second-order valence-electron chi connectivity index (χ2n) is 8.59. The summed E-state index contributed by atoms with van der Waals surface area (Å²) in [6, 6.07) is 11.4. The molecule has 0 saturated heterocycles. The van der Waals surface area contributed by atoms with Crippen molar-refractivity contribution in [3.05, 3.63) is 65.7 Å². The summed E-state index contributed by atoms with van der Waals surface area (Å²) in [5.74, 6) is 0. The van der Waals surface area contributed by atoms with Gasteiger partial charge < -0.3 is 10.6 Å². The van der Waals surface area contributed by atoms with Crippen LogP contribution in [0.5, 0.6) is 0 Å². The molecule has 0 bridgehead atoms. The van der Waals surface area contributed by atoms with E-state index in [0.717, 1.165) is 27.9 Å². The summed E-state index contributed by atoms with van der Waals surface area (Å²) in [5.41, 5.74) is 5.44. The highest BCUT2D eigenvalue weighted by Gasteiger charge is 2.16. The Morgan fingerprint density at radius 1 is 1.00 bits per heavy atom. The number of nitrogens with zero attached hydrogens (tertiary/aromatic N) is 2. The third kappa shape index (κ3) is 5.36. The lowest BCUT2D eigenvalue weighted by molar-refractivity contribution is 0.250. The Labute approximate surface area is 182 Å². The van der Waals surface area contributed by atoms with Crippen molar-refractivity contribution in [2.45, 2.75) is 46.1 Å². The first-order valence-electron chi connectivity index (χ1n) is 9.93. The van der Waals surface area contributed by atoms with Gasteiger partial charge in [0.1, 0.15) is 0 Å². The lowest BCUT2D eigenvalue weighted by Gasteiger charge is -2.18. The van der Waals surface area contributed by atoms with E-state index in [9.17, 15) is 4.79 Å². The molecule has 1 aromatic carbocycles. The van der Waals surface area contributed by atoms with Crippen LogP contribution in [-0.2, 0) is 5.41 Å². The molecule has 3 rings (SSSR count). The average molecular weight is 423 g/mol. The summed E-state index contributed by atoms with van der Waals surface area (Å²) in [6.45, 7) is 10.2. The predicted molar refractivity (Wildman–Crippen MR) is 124 cm³/mol. The predicted octanol–water partition coefficient (Wildman–Crippen LogP) is 6.29. The first-order valence-corrected chi connectivity index (χ1v) is 10.3. The van der Waals surface area contributed by atoms with E-state index in [0.29, 0.717) is 10.7 Å². The molecule has 0 fully saturated rings. The number of rotatable bonds is 4. The van der Waals surface area contributed by atoms with E-state index in [1.54, 1.807) is 12.3 Å². The zero-order valence-corrected chi connectivity index (χ0v) is 18.7. The number of carbonyl (C=O) groups excluding carboxylic acids is 1. The number of carbonyl (C=O) groups is 1. The molecule has 0 aliphatic rings. The standard InChI is InChI=1S/C24H27ClN4O/c1-15(2)28-23(30)29-19-6-7-20(21(25)12-19)18-10-17(13-26-14-18)16-8-9-27-22(11-16)24(3,4)5/h6-15H,1-5H3,(H2,28,29,30). The largest absolute Gasteiger partial charge is 0.336 e. The number of benzene rings is 1. The molecule has 0 aliphatic carbocycles. The number of aromatic nitrogens is 2. The molecule has 6 heteroatoms. The van der Waals surface area contributed by atoms with Crippen LogP contribution in [0.3, 0.4) is 0 Å². The van der Waals surface area contributed by atoms with Crippen LogP contribution < -0.4 is 10.6 Å². The molecule has 0 aliphatic heterocycles. The molecule has 0 unspecified atom stereocenters. The number of anilines is 1. The summed E-state index contributed by atoms with van der Waals surface area (Å²) in [6.07, 6.45) is 5.46. The summed E-state index contributed by atoms with van der Waals surface area (Å²) < 4.78 is 0. The smallest absolute Gasteiger partial charge is 0.319 e. The Bertz CT molecular complexity index is 1060. The Morgan fingerprint density at radius 2 is 1.73 bits per heavy atom. The number of amides is 2. The van der Waals surface area contributed by atoms with Gasteiger partial charge in [-0.1, -0.05) is 38.4 Å². The number of pyridine rings is 2. The van der Waals surface area contributed by atoms with E-state index in [4.69, 9.17) is 11.6 Å². The number of nitrogens with one attached hydrogen (secondary N) is 2. The van der Waals surface area contributed by atoms with Crippen molar-refractivity contribution in [1.82, 2.24) is 15.3 Å². The molecule has 2 amide bonds. The molecular formula is C24H27ClN4O. The minimum Gasteiger partial charge on any atom is -0.336 e. The topological polar surface area (TPSA) is 66.9 Å². The van der Waals surface area contributed by atoms with E-state index in [2.05, 4.69) is 53.5 Å². The summed E-state index contributed by atoms with van der Waals surface area (Å²) in [7, 11) is 0. The van der Waals surface area contributed by atoms with Crippen LogP contribution in [0.4, 0.5) is 10.5 Å². The fraction of sp³-hybridized carbons (Fsp3) is 0.292. The molecule has 30 heavy (non-hydrogen) atoms. The van der Waals surface area contributed by atoms with Gasteiger partial charge in [-0.15, -0.1) is 0 Å². The van der Waals surface area contributed by atoms with E-state index in [1.807, 2.05) is 44.4 Å².